The molecule has 2 aromatic carbocycles. The summed E-state index contributed by atoms with van der Waals surface area (Å²) in [5.41, 5.74) is 8.84. The maximum Gasteiger partial charge on any atom is 0.154 e. The summed E-state index contributed by atoms with van der Waals surface area (Å²) in [6.45, 7) is 6.61. The first-order valence-electron chi connectivity index (χ1n) is 9.15. The van der Waals surface area contributed by atoms with Gasteiger partial charge in [0.15, 0.2) is 5.84 Å². The average molecular weight is 389 g/mol. The molecule has 140 valence electrons. The van der Waals surface area contributed by atoms with Crippen LogP contribution in [0.5, 0.6) is 0 Å². The maximum atomic E-state index is 6.26. The first-order chi connectivity index (χ1) is 13.4. The summed E-state index contributed by atoms with van der Waals surface area (Å²) >= 11 is 6.26. The van der Waals surface area contributed by atoms with E-state index in [4.69, 9.17) is 16.6 Å². The van der Waals surface area contributed by atoms with E-state index in [1.807, 2.05) is 30.3 Å². The summed E-state index contributed by atoms with van der Waals surface area (Å²) < 4.78 is 0. The second kappa shape index (κ2) is 7.21. The molecule has 0 bridgehead atoms. The van der Waals surface area contributed by atoms with E-state index in [-0.39, 0.29) is 5.41 Å². The minimum absolute atomic E-state index is 0.103. The Kier molecular flexibility index (Phi) is 4.73. The second-order valence-corrected chi connectivity index (χ2v) is 8.20. The van der Waals surface area contributed by atoms with Gasteiger partial charge < -0.3 is 0 Å². The molecule has 0 aliphatic carbocycles. The molecule has 2 heterocycles. The van der Waals surface area contributed by atoms with E-state index in [9.17, 15) is 0 Å². The number of aliphatic imine (C=N–C) groups is 1. The lowest BCUT2D eigenvalue weighted by atomic mass is 9.86. The number of nitrogens with zero attached hydrogens (tertiary/aromatic N) is 3. The van der Waals surface area contributed by atoms with Gasteiger partial charge in [0.1, 0.15) is 5.71 Å². The number of hydrogen-bond acceptors (Lipinski definition) is 4. The van der Waals surface area contributed by atoms with E-state index in [0.29, 0.717) is 10.9 Å². The molecule has 0 fully saturated rings. The van der Waals surface area contributed by atoms with Crippen LogP contribution < -0.4 is 5.43 Å². The summed E-state index contributed by atoms with van der Waals surface area (Å²) in [6, 6.07) is 17.9. The molecule has 1 N–H and O–H groups in total. The van der Waals surface area contributed by atoms with Gasteiger partial charge in [-0.25, -0.2) is 4.99 Å². The molecular weight excluding hydrogens is 368 g/mol. The Morgan fingerprint density at radius 2 is 1.71 bits per heavy atom. The number of amidine groups is 1. The van der Waals surface area contributed by atoms with E-state index in [2.05, 4.69) is 60.5 Å². The quantitative estimate of drug-likeness (QED) is 0.633. The zero-order chi connectivity index (χ0) is 19.7. The van der Waals surface area contributed by atoms with Crippen LogP contribution in [0.25, 0.3) is 0 Å². The normalized spacial score (nSPS) is 13.7. The lowest BCUT2D eigenvalue weighted by Crippen LogP contribution is -2.20. The van der Waals surface area contributed by atoms with Crippen molar-refractivity contribution in [3.05, 3.63) is 94.3 Å². The predicted octanol–water partition coefficient (Wildman–Crippen LogP) is 5.47. The van der Waals surface area contributed by atoms with Crippen LogP contribution in [0, 0.1) is 0 Å². The van der Waals surface area contributed by atoms with Crippen molar-refractivity contribution in [2.45, 2.75) is 26.2 Å². The predicted molar refractivity (Wildman–Crippen MR) is 116 cm³/mol. The number of hydrazone groups is 1. The van der Waals surface area contributed by atoms with Gasteiger partial charge in [0, 0.05) is 34.1 Å². The van der Waals surface area contributed by atoms with Crippen molar-refractivity contribution >= 4 is 28.8 Å². The van der Waals surface area contributed by atoms with E-state index < -0.39 is 0 Å². The number of halogens is 1. The Hall–Kier alpha value is -2.98. The topological polar surface area (TPSA) is 49.6 Å². The first kappa shape index (κ1) is 18.4. The van der Waals surface area contributed by atoms with Crippen LogP contribution in [0.15, 0.2) is 77.1 Å². The van der Waals surface area contributed by atoms with Crippen molar-refractivity contribution in [1.82, 2.24) is 10.4 Å². The number of hydrogen-bond donors (Lipinski definition) is 1. The molecule has 0 radical (unpaired) electrons. The summed E-state index contributed by atoms with van der Waals surface area (Å²) in [7, 11) is 0. The van der Waals surface area contributed by atoms with Crippen molar-refractivity contribution in [2.24, 2.45) is 10.1 Å². The number of rotatable bonds is 2. The molecule has 1 aliphatic rings. The minimum Gasteiger partial charge on any atom is -0.264 e. The Bertz CT molecular complexity index is 1060. The highest BCUT2D eigenvalue weighted by Gasteiger charge is 2.19. The largest absolute Gasteiger partial charge is 0.264 e. The first-order valence-corrected chi connectivity index (χ1v) is 9.53. The van der Waals surface area contributed by atoms with Gasteiger partial charge in [0.25, 0.3) is 0 Å². The van der Waals surface area contributed by atoms with Crippen molar-refractivity contribution in [1.29, 1.82) is 0 Å². The maximum absolute atomic E-state index is 6.26. The number of fused-ring (bicyclic) bond motifs is 1. The highest BCUT2D eigenvalue weighted by molar-refractivity contribution is 6.31. The Balaban J connectivity index is 1.80. The van der Waals surface area contributed by atoms with Gasteiger partial charge in [-0.3, -0.25) is 10.4 Å². The summed E-state index contributed by atoms with van der Waals surface area (Å²) in [4.78, 5) is 9.05. The summed E-state index contributed by atoms with van der Waals surface area (Å²) in [5.74, 6) is 0.697. The summed E-state index contributed by atoms with van der Waals surface area (Å²) in [5, 5.41) is 5.28. The third-order valence-electron chi connectivity index (χ3n) is 4.68. The lowest BCUT2D eigenvalue weighted by molar-refractivity contribution is 0.590. The van der Waals surface area contributed by atoms with Gasteiger partial charge in [-0.05, 0) is 41.3 Å². The molecule has 4 nitrogen and oxygen atoms in total. The number of pyridine rings is 1. The van der Waals surface area contributed by atoms with Crippen LogP contribution in [0.2, 0.25) is 5.02 Å². The molecule has 1 aromatic heterocycles. The third kappa shape index (κ3) is 3.69. The molecule has 0 unspecified atom stereocenters. The van der Waals surface area contributed by atoms with Crippen LogP contribution in [0.4, 0.5) is 5.69 Å². The van der Waals surface area contributed by atoms with Gasteiger partial charge >= 0.3 is 0 Å². The van der Waals surface area contributed by atoms with E-state index in [0.717, 1.165) is 28.1 Å². The Morgan fingerprint density at radius 3 is 2.39 bits per heavy atom. The molecule has 1 aliphatic heterocycles. The number of benzene rings is 2. The third-order valence-corrected chi connectivity index (χ3v) is 4.91. The van der Waals surface area contributed by atoms with Crippen molar-refractivity contribution in [3.63, 3.8) is 0 Å². The molecule has 3 aromatic rings. The molecule has 0 spiro atoms. The van der Waals surface area contributed by atoms with Crippen LogP contribution in [-0.4, -0.2) is 16.5 Å². The van der Waals surface area contributed by atoms with Gasteiger partial charge in [0.05, 0.1) is 5.69 Å². The van der Waals surface area contributed by atoms with Crippen LogP contribution in [0.1, 0.15) is 43.0 Å². The van der Waals surface area contributed by atoms with Crippen LogP contribution >= 0.6 is 11.6 Å². The van der Waals surface area contributed by atoms with Gasteiger partial charge in [-0.15, -0.1) is 0 Å². The highest BCUT2D eigenvalue weighted by Crippen LogP contribution is 2.29. The van der Waals surface area contributed by atoms with Gasteiger partial charge in [-0.2, -0.15) is 5.10 Å². The van der Waals surface area contributed by atoms with Crippen molar-refractivity contribution in [3.8, 4) is 0 Å². The van der Waals surface area contributed by atoms with Crippen LogP contribution in [-0.2, 0) is 5.41 Å². The molecule has 28 heavy (non-hydrogen) atoms. The zero-order valence-corrected chi connectivity index (χ0v) is 16.8. The number of aromatic nitrogens is 1. The number of nitrogens with one attached hydrogen (secondary N) is 1. The lowest BCUT2D eigenvalue weighted by Gasteiger charge is -2.19. The highest BCUT2D eigenvalue weighted by atomic mass is 35.5. The molecule has 0 saturated carbocycles. The molecule has 0 amide bonds. The fourth-order valence-electron chi connectivity index (χ4n) is 3.09. The van der Waals surface area contributed by atoms with Crippen molar-refractivity contribution < 1.29 is 0 Å². The molecule has 5 heteroatoms. The fraction of sp³-hybridized carbons (Fsp3) is 0.174. The Morgan fingerprint density at radius 1 is 0.929 bits per heavy atom. The molecular formula is C23H21ClN4. The zero-order valence-electron chi connectivity index (χ0n) is 16.1. The van der Waals surface area contributed by atoms with E-state index in [1.54, 1.807) is 12.4 Å². The molecule has 0 atom stereocenters. The Labute approximate surface area is 170 Å². The second-order valence-electron chi connectivity index (χ2n) is 7.76. The summed E-state index contributed by atoms with van der Waals surface area (Å²) in [6.07, 6.45) is 3.53. The average Bonchev–Trinajstić information content (AvgIpc) is 2.87. The minimum atomic E-state index is 0.103. The van der Waals surface area contributed by atoms with E-state index >= 15 is 0 Å². The van der Waals surface area contributed by atoms with Gasteiger partial charge in [0.2, 0.25) is 0 Å². The van der Waals surface area contributed by atoms with E-state index in [1.165, 1.54) is 5.56 Å². The standard InChI is InChI=1S/C23H21ClN4/c1-23(2,3)17-8-6-15(7-9-17)22-26-20-11-10-18(24)13-19(20)21(27-28-22)16-5-4-12-25-14-16/h4-14H,1-3H3,(H,26,28). The smallest absolute Gasteiger partial charge is 0.154 e. The SMILES string of the molecule is CC(C)(C)c1ccc(C2=Nc3ccc(Cl)cc3C(c3cccnc3)=NN2)cc1. The molecule has 4 rings (SSSR count). The monoisotopic (exact) mass is 388 g/mol. The molecule has 0 saturated heterocycles. The van der Waals surface area contributed by atoms with Gasteiger partial charge in [-0.1, -0.05) is 56.6 Å². The fourth-order valence-corrected chi connectivity index (χ4v) is 3.26. The van der Waals surface area contributed by atoms with Crippen LogP contribution in [0.3, 0.4) is 0 Å². The van der Waals surface area contributed by atoms with Crippen molar-refractivity contribution in [2.75, 3.05) is 0 Å².